The third-order valence-electron chi connectivity index (χ3n) is 3.29. The predicted molar refractivity (Wildman–Crippen MR) is 87.2 cm³/mol. The summed E-state index contributed by atoms with van der Waals surface area (Å²) >= 11 is 7.27. The van der Waals surface area contributed by atoms with Crippen LogP contribution in [-0.4, -0.2) is 54.8 Å². The summed E-state index contributed by atoms with van der Waals surface area (Å²) in [5, 5.41) is 3.52. The lowest BCUT2D eigenvalue weighted by molar-refractivity contribution is -0.136. The van der Waals surface area contributed by atoms with Crippen LogP contribution in [0.2, 0.25) is 5.02 Å². The van der Waals surface area contributed by atoms with E-state index in [2.05, 4.69) is 5.32 Å². The summed E-state index contributed by atoms with van der Waals surface area (Å²) in [4.78, 5) is 25.9. The molecule has 2 rings (SSSR count). The number of hydrogen-bond acceptors (Lipinski definition) is 4. The van der Waals surface area contributed by atoms with E-state index in [9.17, 15) is 9.59 Å². The quantitative estimate of drug-likeness (QED) is 0.829. The van der Waals surface area contributed by atoms with Crippen molar-refractivity contribution in [3.63, 3.8) is 0 Å². The van der Waals surface area contributed by atoms with Crippen molar-refractivity contribution in [2.75, 3.05) is 32.0 Å². The van der Waals surface area contributed by atoms with E-state index in [1.807, 2.05) is 12.1 Å². The van der Waals surface area contributed by atoms with Crippen LogP contribution in [0.15, 0.2) is 29.2 Å². The third kappa shape index (κ3) is 5.51. The second-order valence-electron chi connectivity index (χ2n) is 5.00. The Morgan fingerprint density at radius 3 is 2.82 bits per heavy atom. The van der Waals surface area contributed by atoms with Crippen LogP contribution in [0.25, 0.3) is 0 Å². The average Bonchev–Trinajstić information content (AvgIpc) is 2.52. The molecule has 1 N–H and O–H groups in total. The zero-order valence-corrected chi connectivity index (χ0v) is 14.0. The summed E-state index contributed by atoms with van der Waals surface area (Å²) in [5.74, 6) is 0.325. The first kappa shape index (κ1) is 17.1. The van der Waals surface area contributed by atoms with Crippen LogP contribution in [0.1, 0.15) is 6.92 Å². The normalized spacial score (nSPS) is 18.1. The highest BCUT2D eigenvalue weighted by Gasteiger charge is 2.22. The molecule has 0 aromatic heterocycles. The molecule has 0 bridgehead atoms. The Balaban J connectivity index is 1.69. The van der Waals surface area contributed by atoms with Crippen molar-refractivity contribution in [1.29, 1.82) is 0 Å². The lowest BCUT2D eigenvalue weighted by atomic mass is 10.2. The number of carbonyl (C=O) groups excluding carboxylic acids is 2. The van der Waals surface area contributed by atoms with Crippen LogP contribution < -0.4 is 5.32 Å². The van der Waals surface area contributed by atoms with Gasteiger partial charge in [-0.25, -0.2) is 0 Å². The van der Waals surface area contributed by atoms with Crippen molar-refractivity contribution in [2.24, 2.45) is 0 Å². The number of halogens is 1. The van der Waals surface area contributed by atoms with Gasteiger partial charge in [0.25, 0.3) is 0 Å². The minimum atomic E-state index is -0.137. The standard InChI is InChI=1S/C15H19ClN2O3S/c1-11(19)18-6-7-21-13(9-18)8-17-15(20)10-22-14-4-2-12(16)3-5-14/h2-5,13H,6-10H2,1H3,(H,17,20). The second kappa shape index (κ2) is 8.41. The molecule has 5 nitrogen and oxygen atoms in total. The average molecular weight is 343 g/mol. The smallest absolute Gasteiger partial charge is 0.230 e. The van der Waals surface area contributed by atoms with Gasteiger partial charge in [0.2, 0.25) is 11.8 Å². The van der Waals surface area contributed by atoms with Crippen molar-refractivity contribution in [1.82, 2.24) is 10.2 Å². The molecule has 7 heteroatoms. The molecule has 1 atom stereocenters. The van der Waals surface area contributed by atoms with E-state index >= 15 is 0 Å². The Morgan fingerprint density at radius 1 is 1.41 bits per heavy atom. The van der Waals surface area contributed by atoms with Crippen molar-refractivity contribution in [2.45, 2.75) is 17.9 Å². The Hall–Kier alpha value is -1.24. The molecule has 1 saturated heterocycles. The van der Waals surface area contributed by atoms with Gasteiger partial charge in [-0.1, -0.05) is 11.6 Å². The molecule has 22 heavy (non-hydrogen) atoms. The zero-order chi connectivity index (χ0) is 15.9. The largest absolute Gasteiger partial charge is 0.373 e. The fourth-order valence-corrected chi connectivity index (χ4v) is 2.94. The van der Waals surface area contributed by atoms with Gasteiger partial charge < -0.3 is 15.0 Å². The van der Waals surface area contributed by atoms with Gasteiger partial charge in [-0.15, -0.1) is 11.8 Å². The number of amides is 2. The minimum Gasteiger partial charge on any atom is -0.373 e. The van der Waals surface area contributed by atoms with E-state index in [1.165, 1.54) is 11.8 Å². The van der Waals surface area contributed by atoms with Crippen LogP contribution >= 0.6 is 23.4 Å². The van der Waals surface area contributed by atoms with Gasteiger partial charge in [0, 0.05) is 36.5 Å². The molecule has 1 heterocycles. The monoisotopic (exact) mass is 342 g/mol. The molecule has 1 aromatic carbocycles. The van der Waals surface area contributed by atoms with Crippen LogP contribution in [-0.2, 0) is 14.3 Å². The highest BCUT2D eigenvalue weighted by atomic mass is 35.5. The summed E-state index contributed by atoms with van der Waals surface area (Å²) in [7, 11) is 0. The molecule has 2 amide bonds. The van der Waals surface area contributed by atoms with Gasteiger partial charge in [-0.05, 0) is 24.3 Å². The van der Waals surface area contributed by atoms with Gasteiger partial charge in [0.05, 0.1) is 18.5 Å². The predicted octanol–water partition coefficient (Wildman–Crippen LogP) is 1.80. The first-order valence-electron chi connectivity index (χ1n) is 7.07. The number of hydrogen-bond donors (Lipinski definition) is 1. The van der Waals surface area contributed by atoms with Crippen molar-refractivity contribution >= 4 is 35.2 Å². The fourth-order valence-electron chi connectivity index (χ4n) is 2.09. The lowest BCUT2D eigenvalue weighted by Crippen LogP contribution is -2.49. The number of morpholine rings is 1. The Morgan fingerprint density at radius 2 is 2.14 bits per heavy atom. The Bertz CT molecular complexity index is 524. The number of rotatable bonds is 5. The van der Waals surface area contributed by atoms with E-state index in [0.717, 1.165) is 4.90 Å². The first-order chi connectivity index (χ1) is 10.5. The number of nitrogens with zero attached hydrogens (tertiary/aromatic N) is 1. The molecule has 120 valence electrons. The molecule has 1 aliphatic heterocycles. The summed E-state index contributed by atoms with van der Waals surface area (Å²) in [6.07, 6.45) is -0.137. The van der Waals surface area contributed by atoms with Gasteiger partial charge in [-0.2, -0.15) is 0 Å². The van der Waals surface area contributed by atoms with Gasteiger partial charge in [0.1, 0.15) is 0 Å². The van der Waals surface area contributed by atoms with Gasteiger partial charge in [0.15, 0.2) is 0 Å². The van der Waals surface area contributed by atoms with Gasteiger partial charge >= 0.3 is 0 Å². The topological polar surface area (TPSA) is 58.6 Å². The number of thioether (sulfide) groups is 1. The van der Waals surface area contributed by atoms with Crippen LogP contribution in [0.4, 0.5) is 0 Å². The SMILES string of the molecule is CC(=O)N1CCOC(CNC(=O)CSc2ccc(Cl)cc2)C1. The number of nitrogens with one attached hydrogen (secondary N) is 1. The summed E-state index contributed by atoms with van der Waals surface area (Å²) < 4.78 is 5.55. The van der Waals surface area contributed by atoms with E-state index in [0.29, 0.717) is 37.0 Å². The highest BCUT2D eigenvalue weighted by molar-refractivity contribution is 8.00. The Labute approximate surface area is 139 Å². The molecular weight excluding hydrogens is 324 g/mol. The summed E-state index contributed by atoms with van der Waals surface area (Å²) in [5.41, 5.74) is 0. The van der Waals surface area contributed by atoms with Gasteiger partial charge in [-0.3, -0.25) is 9.59 Å². The molecule has 0 saturated carbocycles. The summed E-state index contributed by atoms with van der Waals surface area (Å²) in [6, 6.07) is 7.37. The number of ether oxygens (including phenoxy) is 1. The number of benzene rings is 1. The maximum Gasteiger partial charge on any atom is 0.230 e. The molecule has 1 fully saturated rings. The van der Waals surface area contributed by atoms with Crippen LogP contribution in [0.3, 0.4) is 0 Å². The lowest BCUT2D eigenvalue weighted by Gasteiger charge is -2.32. The molecule has 1 aromatic rings. The van der Waals surface area contributed by atoms with Crippen molar-refractivity contribution in [3.05, 3.63) is 29.3 Å². The molecule has 1 unspecified atom stereocenters. The van der Waals surface area contributed by atoms with Crippen LogP contribution in [0, 0.1) is 0 Å². The zero-order valence-electron chi connectivity index (χ0n) is 12.4. The van der Waals surface area contributed by atoms with E-state index in [-0.39, 0.29) is 17.9 Å². The Kier molecular flexibility index (Phi) is 6.54. The highest BCUT2D eigenvalue weighted by Crippen LogP contribution is 2.19. The fraction of sp³-hybridized carbons (Fsp3) is 0.467. The molecule has 0 aliphatic carbocycles. The second-order valence-corrected chi connectivity index (χ2v) is 6.49. The minimum absolute atomic E-state index is 0.0397. The van der Waals surface area contributed by atoms with E-state index in [4.69, 9.17) is 16.3 Å². The molecular formula is C15H19ClN2O3S. The molecule has 0 radical (unpaired) electrons. The maximum atomic E-state index is 11.8. The van der Waals surface area contributed by atoms with Crippen molar-refractivity contribution < 1.29 is 14.3 Å². The number of carbonyl (C=O) groups is 2. The summed E-state index contributed by atoms with van der Waals surface area (Å²) in [6.45, 7) is 3.62. The molecule has 0 spiro atoms. The maximum absolute atomic E-state index is 11.8. The molecule has 1 aliphatic rings. The first-order valence-corrected chi connectivity index (χ1v) is 8.43. The van der Waals surface area contributed by atoms with E-state index < -0.39 is 0 Å². The van der Waals surface area contributed by atoms with E-state index in [1.54, 1.807) is 24.0 Å². The third-order valence-corrected chi connectivity index (χ3v) is 4.56. The van der Waals surface area contributed by atoms with Crippen LogP contribution in [0.5, 0.6) is 0 Å². The van der Waals surface area contributed by atoms with Crippen molar-refractivity contribution in [3.8, 4) is 0 Å².